The molecule has 1 unspecified atom stereocenters. The lowest BCUT2D eigenvalue weighted by molar-refractivity contribution is 0.212. The molecule has 0 amide bonds. The maximum atomic E-state index is 8.67. The SMILES string of the molecule is CC(c1cccs1)N(C)CC1(CC(N)=NO)CC1. The van der Waals surface area contributed by atoms with Gasteiger partial charge in [-0.15, -0.1) is 11.3 Å². The van der Waals surface area contributed by atoms with E-state index in [1.54, 1.807) is 11.3 Å². The van der Waals surface area contributed by atoms with Crippen LogP contribution < -0.4 is 5.73 Å². The summed E-state index contributed by atoms with van der Waals surface area (Å²) in [5, 5.41) is 13.9. The van der Waals surface area contributed by atoms with Gasteiger partial charge in [0.25, 0.3) is 0 Å². The van der Waals surface area contributed by atoms with Crippen LogP contribution in [0.3, 0.4) is 0 Å². The lowest BCUT2D eigenvalue weighted by atomic mass is 10.0. The van der Waals surface area contributed by atoms with Gasteiger partial charge in [-0.3, -0.25) is 4.90 Å². The fourth-order valence-electron chi connectivity index (χ4n) is 2.40. The molecule has 100 valence electrons. The quantitative estimate of drug-likeness (QED) is 0.360. The first-order valence-electron chi connectivity index (χ1n) is 6.26. The van der Waals surface area contributed by atoms with Gasteiger partial charge in [-0.05, 0) is 43.7 Å². The van der Waals surface area contributed by atoms with Crippen LogP contribution in [0.5, 0.6) is 0 Å². The van der Waals surface area contributed by atoms with Crippen LogP contribution in [-0.4, -0.2) is 29.5 Å². The minimum atomic E-state index is 0.233. The molecule has 0 radical (unpaired) electrons. The summed E-state index contributed by atoms with van der Waals surface area (Å²) in [7, 11) is 2.15. The first-order chi connectivity index (χ1) is 8.56. The molecule has 0 bridgehead atoms. The van der Waals surface area contributed by atoms with Crippen molar-refractivity contribution in [3.8, 4) is 0 Å². The third-order valence-electron chi connectivity index (χ3n) is 3.84. The average Bonchev–Trinajstić information content (AvgIpc) is 2.90. The van der Waals surface area contributed by atoms with E-state index < -0.39 is 0 Å². The molecule has 18 heavy (non-hydrogen) atoms. The number of rotatable bonds is 6. The second-order valence-electron chi connectivity index (χ2n) is 5.37. The number of hydrogen-bond donors (Lipinski definition) is 2. The zero-order chi connectivity index (χ0) is 13.2. The molecule has 5 heteroatoms. The Hall–Kier alpha value is -1.07. The van der Waals surface area contributed by atoms with E-state index in [1.807, 2.05) is 0 Å². The third kappa shape index (κ3) is 3.03. The van der Waals surface area contributed by atoms with E-state index in [0.717, 1.165) is 6.54 Å². The van der Waals surface area contributed by atoms with Gasteiger partial charge >= 0.3 is 0 Å². The molecule has 1 atom stereocenters. The molecule has 0 spiro atoms. The minimum absolute atomic E-state index is 0.233. The molecule has 0 saturated heterocycles. The van der Waals surface area contributed by atoms with Gasteiger partial charge in [-0.2, -0.15) is 0 Å². The summed E-state index contributed by atoms with van der Waals surface area (Å²) >= 11 is 1.79. The van der Waals surface area contributed by atoms with Gasteiger partial charge in [0.1, 0.15) is 5.84 Å². The van der Waals surface area contributed by atoms with E-state index in [2.05, 4.69) is 41.5 Å². The van der Waals surface area contributed by atoms with Gasteiger partial charge in [0.2, 0.25) is 0 Å². The van der Waals surface area contributed by atoms with Crippen molar-refractivity contribution in [2.45, 2.75) is 32.2 Å². The van der Waals surface area contributed by atoms with Crippen LogP contribution in [0.1, 0.15) is 37.1 Å². The number of hydrogen-bond acceptors (Lipinski definition) is 4. The summed E-state index contributed by atoms with van der Waals surface area (Å²) < 4.78 is 0. The Morgan fingerprint density at radius 3 is 2.89 bits per heavy atom. The van der Waals surface area contributed by atoms with Crippen molar-refractivity contribution in [1.82, 2.24) is 4.90 Å². The topological polar surface area (TPSA) is 61.8 Å². The number of amidine groups is 1. The zero-order valence-electron chi connectivity index (χ0n) is 11.0. The van der Waals surface area contributed by atoms with Crippen LogP contribution >= 0.6 is 11.3 Å². The van der Waals surface area contributed by atoms with Crippen molar-refractivity contribution in [3.63, 3.8) is 0 Å². The van der Waals surface area contributed by atoms with Crippen molar-refractivity contribution in [1.29, 1.82) is 0 Å². The molecule has 1 aromatic rings. The Kier molecular flexibility index (Phi) is 3.92. The third-order valence-corrected chi connectivity index (χ3v) is 4.89. The van der Waals surface area contributed by atoms with Crippen molar-refractivity contribution in [2.75, 3.05) is 13.6 Å². The van der Waals surface area contributed by atoms with Crippen molar-refractivity contribution < 1.29 is 5.21 Å². The summed E-state index contributed by atoms with van der Waals surface area (Å²) in [5.74, 6) is 0.352. The molecule has 1 saturated carbocycles. The van der Waals surface area contributed by atoms with E-state index in [1.165, 1.54) is 17.7 Å². The second-order valence-corrected chi connectivity index (χ2v) is 6.35. The average molecular weight is 267 g/mol. The zero-order valence-corrected chi connectivity index (χ0v) is 11.8. The molecule has 1 fully saturated rings. The fourth-order valence-corrected chi connectivity index (χ4v) is 3.25. The molecule has 0 aromatic carbocycles. The molecule has 0 aliphatic heterocycles. The predicted molar refractivity (Wildman–Crippen MR) is 75.1 cm³/mol. The second kappa shape index (κ2) is 5.28. The maximum Gasteiger partial charge on any atom is 0.139 e. The highest BCUT2D eigenvalue weighted by molar-refractivity contribution is 7.10. The van der Waals surface area contributed by atoms with E-state index >= 15 is 0 Å². The molecular weight excluding hydrogens is 246 g/mol. The van der Waals surface area contributed by atoms with Crippen LogP contribution in [0, 0.1) is 5.41 Å². The Bertz CT molecular complexity index is 412. The first kappa shape index (κ1) is 13.4. The molecule has 3 N–H and O–H groups in total. The minimum Gasteiger partial charge on any atom is -0.409 e. The van der Waals surface area contributed by atoms with E-state index in [9.17, 15) is 0 Å². The number of nitrogens with zero attached hydrogens (tertiary/aromatic N) is 2. The van der Waals surface area contributed by atoms with Crippen molar-refractivity contribution in [3.05, 3.63) is 22.4 Å². The van der Waals surface area contributed by atoms with Crippen LogP contribution in [0.4, 0.5) is 0 Å². The lowest BCUT2D eigenvalue weighted by Gasteiger charge is -2.28. The van der Waals surface area contributed by atoms with Crippen molar-refractivity contribution >= 4 is 17.2 Å². The summed E-state index contributed by atoms with van der Waals surface area (Å²) in [6.07, 6.45) is 3.04. The Labute approximate surface area is 112 Å². The molecule has 2 rings (SSSR count). The molecule has 4 nitrogen and oxygen atoms in total. The lowest BCUT2D eigenvalue weighted by Crippen LogP contribution is -2.31. The summed E-state index contributed by atoms with van der Waals surface area (Å²) in [4.78, 5) is 3.75. The van der Waals surface area contributed by atoms with Gasteiger partial charge in [0, 0.05) is 23.9 Å². The van der Waals surface area contributed by atoms with Crippen molar-refractivity contribution in [2.24, 2.45) is 16.3 Å². The highest BCUT2D eigenvalue weighted by atomic mass is 32.1. The highest BCUT2D eigenvalue weighted by Gasteiger charge is 2.44. The smallest absolute Gasteiger partial charge is 0.139 e. The van der Waals surface area contributed by atoms with Crippen LogP contribution in [0.25, 0.3) is 0 Å². The summed E-state index contributed by atoms with van der Waals surface area (Å²) in [6, 6.07) is 4.69. The summed E-state index contributed by atoms with van der Waals surface area (Å²) in [6.45, 7) is 3.23. The van der Waals surface area contributed by atoms with Gasteiger partial charge in [-0.1, -0.05) is 11.2 Å². The van der Waals surface area contributed by atoms with Gasteiger partial charge in [-0.25, -0.2) is 0 Å². The molecule has 1 aliphatic rings. The monoisotopic (exact) mass is 267 g/mol. The Morgan fingerprint density at radius 2 is 2.39 bits per heavy atom. The van der Waals surface area contributed by atoms with Crippen LogP contribution in [0.15, 0.2) is 22.7 Å². The maximum absolute atomic E-state index is 8.67. The van der Waals surface area contributed by atoms with E-state index in [-0.39, 0.29) is 5.41 Å². The first-order valence-corrected chi connectivity index (χ1v) is 7.14. The molecule has 1 aromatic heterocycles. The summed E-state index contributed by atoms with van der Waals surface area (Å²) in [5.41, 5.74) is 5.86. The normalized spacial score (nSPS) is 20.1. The van der Waals surface area contributed by atoms with Gasteiger partial charge in [0.15, 0.2) is 0 Å². The fraction of sp³-hybridized carbons (Fsp3) is 0.615. The number of thiophene rings is 1. The van der Waals surface area contributed by atoms with Gasteiger partial charge in [0.05, 0.1) is 0 Å². The molecule has 1 aliphatic carbocycles. The Balaban J connectivity index is 1.93. The van der Waals surface area contributed by atoms with E-state index in [4.69, 9.17) is 10.9 Å². The largest absolute Gasteiger partial charge is 0.409 e. The Morgan fingerprint density at radius 1 is 1.67 bits per heavy atom. The predicted octanol–water partition coefficient (Wildman–Crippen LogP) is 2.66. The standard InChI is InChI=1S/C13H21N3OS/c1-10(11-4-3-7-18-11)16(2)9-13(5-6-13)8-12(14)15-17/h3-4,7,10,17H,5-6,8-9H2,1-2H3,(H2,14,15). The number of oxime groups is 1. The molecule has 1 heterocycles. The van der Waals surface area contributed by atoms with Crippen LogP contribution in [0.2, 0.25) is 0 Å². The highest BCUT2D eigenvalue weighted by Crippen LogP contribution is 2.50. The van der Waals surface area contributed by atoms with E-state index in [0.29, 0.717) is 18.3 Å². The molecular formula is C13H21N3OS. The number of nitrogens with two attached hydrogens (primary N) is 1. The van der Waals surface area contributed by atoms with Crippen LogP contribution in [-0.2, 0) is 0 Å². The van der Waals surface area contributed by atoms with Gasteiger partial charge < -0.3 is 10.9 Å².